The Bertz CT molecular complexity index is 1260. The van der Waals surface area contributed by atoms with Crippen LogP contribution >= 0.6 is 0 Å². The standard InChI is InChI=1S/C24H21N5O5/c1-2-34-24(33)28-13-11-27(12-14-28)21(30)15-7-9-16(10-8-15)29-22(31)19-20(23(29)32)26-18-6-4-3-5-17(18)25-19/h3-10H,2,11-14H2,1H3. The number of nitrogens with zero attached hydrogens (tertiary/aromatic N) is 5. The highest BCUT2D eigenvalue weighted by Crippen LogP contribution is 2.28. The van der Waals surface area contributed by atoms with E-state index < -0.39 is 11.8 Å². The zero-order chi connectivity index (χ0) is 23.8. The first-order valence-corrected chi connectivity index (χ1v) is 10.9. The summed E-state index contributed by atoms with van der Waals surface area (Å²) in [6, 6.07) is 13.3. The first-order valence-electron chi connectivity index (χ1n) is 10.9. The molecule has 34 heavy (non-hydrogen) atoms. The summed E-state index contributed by atoms with van der Waals surface area (Å²) < 4.78 is 5.00. The molecule has 10 heteroatoms. The van der Waals surface area contributed by atoms with Gasteiger partial charge >= 0.3 is 6.09 Å². The van der Waals surface area contributed by atoms with Crippen molar-refractivity contribution in [2.24, 2.45) is 0 Å². The van der Waals surface area contributed by atoms with Crippen LogP contribution in [0.1, 0.15) is 38.3 Å². The minimum atomic E-state index is -0.549. The monoisotopic (exact) mass is 459 g/mol. The van der Waals surface area contributed by atoms with Gasteiger partial charge in [-0.05, 0) is 43.3 Å². The lowest BCUT2D eigenvalue weighted by Crippen LogP contribution is -2.50. The first-order chi connectivity index (χ1) is 16.5. The third kappa shape index (κ3) is 3.62. The van der Waals surface area contributed by atoms with Crippen molar-refractivity contribution in [2.75, 3.05) is 37.7 Å². The average molecular weight is 459 g/mol. The van der Waals surface area contributed by atoms with E-state index in [0.717, 1.165) is 4.90 Å². The number of carbonyl (C=O) groups excluding carboxylic acids is 4. The zero-order valence-electron chi connectivity index (χ0n) is 18.4. The van der Waals surface area contributed by atoms with Crippen molar-refractivity contribution in [2.45, 2.75) is 6.92 Å². The van der Waals surface area contributed by atoms with Crippen molar-refractivity contribution in [3.8, 4) is 0 Å². The Morgan fingerprint density at radius 2 is 1.35 bits per heavy atom. The van der Waals surface area contributed by atoms with E-state index >= 15 is 0 Å². The van der Waals surface area contributed by atoms with Crippen molar-refractivity contribution < 1.29 is 23.9 Å². The van der Waals surface area contributed by atoms with Crippen LogP contribution in [0, 0.1) is 0 Å². The molecule has 10 nitrogen and oxygen atoms in total. The molecular weight excluding hydrogens is 438 g/mol. The molecule has 2 aliphatic rings. The molecule has 0 aliphatic carbocycles. The second kappa shape index (κ2) is 8.54. The minimum Gasteiger partial charge on any atom is -0.450 e. The van der Waals surface area contributed by atoms with Gasteiger partial charge in [-0.15, -0.1) is 0 Å². The van der Waals surface area contributed by atoms with Crippen molar-refractivity contribution in [1.29, 1.82) is 0 Å². The summed E-state index contributed by atoms with van der Waals surface area (Å²) in [7, 11) is 0. The van der Waals surface area contributed by atoms with Gasteiger partial charge in [-0.3, -0.25) is 14.4 Å². The van der Waals surface area contributed by atoms with E-state index in [4.69, 9.17) is 4.74 Å². The molecule has 1 aromatic heterocycles. The van der Waals surface area contributed by atoms with Crippen LogP contribution in [0.4, 0.5) is 10.5 Å². The molecule has 0 atom stereocenters. The van der Waals surface area contributed by atoms with E-state index in [1.807, 2.05) is 0 Å². The van der Waals surface area contributed by atoms with Crippen LogP contribution in [0.2, 0.25) is 0 Å². The second-order valence-electron chi connectivity index (χ2n) is 7.88. The van der Waals surface area contributed by atoms with Crippen molar-refractivity contribution in [3.63, 3.8) is 0 Å². The number of rotatable bonds is 3. The number of carbonyl (C=O) groups is 4. The van der Waals surface area contributed by atoms with Gasteiger partial charge in [-0.1, -0.05) is 12.1 Å². The summed E-state index contributed by atoms with van der Waals surface area (Å²) in [5.74, 6) is -1.29. The number of aromatic nitrogens is 2. The number of ether oxygens (including phenoxy) is 1. The topological polar surface area (TPSA) is 113 Å². The first kappa shape index (κ1) is 21.5. The van der Waals surface area contributed by atoms with Gasteiger partial charge in [0.1, 0.15) is 0 Å². The smallest absolute Gasteiger partial charge is 0.409 e. The number of fused-ring (bicyclic) bond motifs is 2. The van der Waals surface area contributed by atoms with Crippen LogP contribution in [0.3, 0.4) is 0 Å². The van der Waals surface area contributed by atoms with Crippen molar-refractivity contribution in [3.05, 3.63) is 65.5 Å². The van der Waals surface area contributed by atoms with E-state index in [0.29, 0.717) is 55.1 Å². The molecular formula is C24H21N5O5. The van der Waals surface area contributed by atoms with Gasteiger partial charge in [0.05, 0.1) is 23.3 Å². The molecule has 0 radical (unpaired) electrons. The van der Waals surface area contributed by atoms with Crippen LogP contribution in [-0.2, 0) is 4.74 Å². The Labute approximate surface area is 194 Å². The molecule has 1 fully saturated rings. The highest BCUT2D eigenvalue weighted by molar-refractivity contribution is 6.33. The van der Waals surface area contributed by atoms with E-state index in [1.165, 1.54) is 0 Å². The molecule has 4 amide bonds. The summed E-state index contributed by atoms with van der Waals surface area (Å²) >= 11 is 0. The van der Waals surface area contributed by atoms with Gasteiger partial charge < -0.3 is 14.5 Å². The van der Waals surface area contributed by atoms with Gasteiger partial charge in [0.15, 0.2) is 11.4 Å². The van der Waals surface area contributed by atoms with E-state index in [1.54, 1.807) is 65.3 Å². The Kier molecular flexibility index (Phi) is 5.40. The number of benzene rings is 2. The maximum atomic E-state index is 12.9. The largest absolute Gasteiger partial charge is 0.450 e. The number of anilines is 1. The molecule has 5 rings (SSSR count). The minimum absolute atomic E-state index is 0.0170. The number of hydrogen-bond acceptors (Lipinski definition) is 7. The van der Waals surface area contributed by atoms with Gasteiger partial charge in [0.2, 0.25) is 0 Å². The number of amides is 4. The lowest BCUT2D eigenvalue weighted by Gasteiger charge is -2.34. The van der Waals surface area contributed by atoms with Gasteiger partial charge in [0.25, 0.3) is 17.7 Å². The molecule has 3 heterocycles. The summed E-state index contributed by atoms with van der Waals surface area (Å²) in [6.07, 6.45) is -0.378. The molecule has 0 bridgehead atoms. The summed E-state index contributed by atoms with van der Waals surface area (Å²) in [4.78, 5) is 63.5. The fraction of sp³-hybridized carbons (Fsp3) is 0.250. The molecule has 0 saturated carbocycles. The van der Waals surface area contributed by atoms with Gasteiger partial charge in [0, 0.05) is 31.7 Å². The predicted octanol–water partition coefficient (Wildman–Crippen LogP) is 2.34. The number of piperazine rings is 1. The van der Waals surface area contributed by atoms with Crippen molar-refractivity contribution in [1.82, 2.24) is 19.8 Å². The molecule has 0 spiro atoms. The quantitative estimate of drug-likeness (QED) is 0.553. The van der Waals surface area contributed by atoms with E-state index in [9.17, 15) is 19.2 Å². The van der Waals surface area contributed by atoms with Crippen molar-refractivity contribution >= 4 is 40.5 Å². The molecule has 0 N–H and O–H groups in total. The molecule has 2 aliphatic heterocycles. The van der Waals surface area contributed by atoms with Crippen LogP contribution in [0.5, 0.6) is 0 Å². The Hall–Kier alpha value is -4.34. The van der Waals surface area contributed by atoms with Crippen LogP contribution in [0.25, 0.3) is 11.0 Å². The maximum absolute atomic E-state index is 12.9. The van der Waals surface area contributed by atoms with Gasteiger partial charge in [-0.2, -0.15) is 0 Å². The van der Waals surface area contributed by atoms with Crippen LogP contribution < -0.4 is 4.90 Å². The number of imide groups is 1. The summed E-state index contributed by atoms with van der Waals surface area (Å²) in [5.41, 5.74) is 1.86. The number of hydrogen-bond donors (Lipinski definition) is 0. The molecule has 172 valence electrons. The molecule has 0 unspecified atom stereocenters. The predicted molar refractivity (Wildman–Crippen MR) is 122 cm³/mol. The molecule has 2 aromatic carbocycles. The average Bonchev–Trinajstić information content (AvgIpc) is 3.11. The Morgan fingerprint density at radius 1 is 0.824 bits per heavy atom. The van der Waals surface area contributed by atoms with Gasteiger partial charge in [-0.25, -0.2) is 19.7 Å². The maximum Gasteiger partial charge on any atom is 0.409 e. The van der Waals surface area contributed by atoms with E-state index in [2.05, 4.69) is 9.97 Å². The SMILES string of the molecule is CCOC(=O)N1CCN(C(=O)c2ccc(N3C(=O)c4nc5ccccc5nc4C3=O)cc2)CC1. The van der Waals surface area contributed by atoms with E-state index in [-0.39, 0.29) is 23.4 Å². The molecule has 3 aromatic rings. The lowest BCUT2D eigenvalue weighted by atomic mass is 10.1. The van der Waals surface area contributed by atoms with Crippen LogP contribution in [0.15, 0.2) is 48.5 Å². The zero-order valence-corrected chi connectivity index (χ0v) is 18.4. The summed E-state index contributed by atoms with van der Waals surface area (Å²) in [6.45, 7) is 3.63. The fourth-order valence-electron chi connectivity index (χ4n) is 4.08. The summed E-state index contributed by atoms with van der Waals surface area (Å²) in [5, 5.41) is 0. The Morgan fingerprint density at radius 3 is 1.88 bits per heavy atom. The highest BCUT2D eigenvalue weighted by Gasteiger charge is 2.40. The highest BCUT2D eigenvalue weighted by atomic mass is 16.6. The Balaban J connectivity index is 1.31. The normalized spacial score (nSPS) is 15.6. The molecule has 1 saturated heterocycles. The third-order valence-corrected chi connectivity index (χ3v) is 5.85. The third-order valence-electron chi connectivity index (χ3n) is 5.85. The van der Waals surface area contributed by atoms with Crippen LogP contribution in [-0.4, -0.2) is 76.4 Å². The second-order valence-corrected chi connectivity index (χ2v) is 7.88. The fourth-order valence-corrected chi connectivity index (χ4v) is 4.08. The lowest BCUT2D eigenvalue weighted by molar-refractivity contribution is 0.0570. The number of para-hydroxylation sites is 2.